The van der Waals surface area contributed by atoms with E-state index in [1.165, 1.54) is 9.79 Å². The van der Waals surface area contributed by atoms with Crippen LogP contribution in [-0.2, 0) is 0 Å². The summed E-state index contributed by atoms with van der Waals surface area (Å²) in [6, 6.07) is 8.53. The van der Waals surface area contributed by atoms with E-state index < -0.39 is 0 Å². The topological polar surface area (TPSA) is 0 Å². The molecule has 0 N–H and O–H groups in total. The van der Waals surface area contributed by atoms with Gasteiger partial charge in [-0.05, 0) is 17.5 Å². The van der Waals surface area contributed by atoms with Crippen LogP contribution in [0.25, 0.3) is 0 Å². The van der Waals surface area contributed by atoms with Gasteiger partial charge in [0.1, 0.15) is 0 Å². The smallest absolute Gasteiger partial charge is 0.0252 e. The van der Waals surface area contributed by atoms with Crippen molar-refractivity contribution in [2.24, 2.45) is 0 Å². The van der Waals surface area contributed by atoms with Crippen molar-refractivity contribution in [2.75, 3.05) is 5.75 Å². The van der Waals surface area contributed by atoms with Crippen molar-refractivity contribution < 1.29 is 0 Å². The highest BCUT2D eigenvalue weighted by molar-refractivity contribution is 8.04. The van der Waals surface area contributed by atoms with E-state index in [1.807, 2.05) is 23.5 Å². The fourth-order valence-electron chi connectivity index (χ4n) is 0.965. The lowest BCUT2D eigenvalue weighted by Gasteiger charge is -2.00. The van der Waals surface area contributed by atoms with Crippen LogP contribution in [0.5, 0.6) is 0 Å². The summed E-state index contributed by atoms with van der Waals surface area (Å²) >= 11 is 3.71. The summed E-state index contributed by atoms with van der Waals surface area (Å²) in [7, 11) is 0. The summed E-state index contributed by atoms with van der Waals surface area (Å²) in [6.45, 7) is 0. The summed E-state index contributed by atoms with van der Waals surface area (Å²) < 4.78 is 0. The van der Waals surface area contributed by atoms with E-state index in [0.717, 1.165) is 5.75 Å². The second-order valence-corrected chi connectivity index (χ2v) is 4.26. The predicted octanol–water partition coefficient (Wildman–Crippen LogP) is 3.40. The Morgan fingerprint density at radius 3 is 2.82 bits per heavy atom. The number of fused-ring (bicyclic) bond motifs is 1. The maximum Gasteiger partial charge on any atom is 0.0252 e. The van der Waals surface area contributed by atoms with Crippen molar-refractivity contribution in [2.45, 2.75) is 9.79 Å². The molecule has 0 aliphatic carbocycles. The molecule has 2 heteroatoms. The maximum atomic E-state index is 2.20. The third-order valence-electron chi connectivity index (χ3n) is 1.48. The van der Waals surface area contributed by atoms with Crippen LogP contribution >= 0.6 is 23.5 Å². The average Bonchev–Trinajstić information content (AvgIpc) is 2.28. The van der Waals surface area contributed by atoms with Gasteiger partial charge in [-0.3, -0.25) is 0 Å². The van der Waals surface area contributed by atoms with Crippen molar-refractivity contribution >= 4 is 23.5 Å². The molecule has 1 aromatic rings. The molecule has 0 spiro atoms. The van der Waals surface area contributed by atoms with Gasteiger partial charge in [-0.2, -0.15) is 0 Å². The van der Waals surface area contributed by atoms with Gasteiger partial charge in [0.2, 0.25) is 0 Å². The zero-order valence-electron chi connectivity index (χ0n) is 5.99. The second kappa shape index (κ2) is 3.37. The average molecular weight is 180 g/mol. The molecule has 1 heterocycles. The molecule has 1 aromatic carbocycles. The number of thioether (sulfide) groups is 2. The summed E-state index contributed by atoms with van der Waals surface area (Å²) in [5.74, 6) is 1.10. The first-order valence-corrected chi connectivity index (χ1v) is 5.37. The standard InChI is InChI=1S/C9H8S2/c1-2-5-9-8(4-1)10-6-3-7-11-9/h1-6H,7H2. The highest BCUT2D eigenvalue weighted by atomic mass is 32.2. The van der Waals surface area contributed by atoms with Crippen LogP contribution in [0.3, 0.4) is 0 Å². The zero-order chi connectivity index (χ0) is 7.52. The fourth-order valence-corrected chi connectivity index (χ4v) is 2.85. The van der Waals surface area contributed by atoms with Crippen molar-refractivity contribution in [3.63, 3.8) is 0 Å². The summed E-state index contributed by atoms with van der Waals surface area (Å²) in [6.07, 6.45) is 2.20. The largest absolute Gasteiger partial charge is 0.121 e. The zero-order valence-corrected chi connectivity index (χ0v) is 7.62. The molecule has 0 fully saturated rings. The van der Waals surface area contributed by atoms with E-state index in [4.69, 9.17) is 0 Å². The van der Waals surface area contributed by atoms with E-state index in [0.29, 0.717) is 0 Å². The molecule has 0 radical (unpaired) electrons. The van der Waals surface area contributed by atoms with Gasteiger partial charge >= 0.3 is 0 Å². The minimum absolute atomic E-state index is 1.10. The van der Waals surface area contributed by atoms with Crippen LogP contribution in [0.1, 0.15) is 0 Å². The van der Waals surface area contributed by atoms with Crippen molar-refractivity contribution in [1.82, 2.24) is 0 Å². The Labute approximate surface area is 75.1 Å². The van der Waals surface area contributed by atoms with E-state index in [9.17, 15) is 0 Å². The van der Waals surface area contributed by atoms with Crippen molar-refractivity contribution in [3.8, 4) is 0 Å². The van der Waals surface area contributed by atoms with Gasteiger partial charge in [0.15, 0.2) is 0 Å². The monoisotopic (exact) mass is 180 g/mol. The molecule has 11 heavy (non-hydrogen) atoms. The summed E-state index contributed by atoms with van der Waals surface area (Å²) in [5.41, 5.74) is 0. The van der Waals surface area contributed by atoms with Crippen molar-refractivity contribution in [1.29, 1.82) is 0 Å². The van der Waals surface area contributed by atoms with E-state index in [-0.39, 0.29) is 0 Å². The molecule has 0 bridgehead atoms. The number of hydrogen-bond acceptors (Lipinski definition) is 2. The Hall–Kier alpha value is -0.340. The van der Waals surface area contributed by atoms with Crippen molar-refractivity contribution in [3.05, 3.63) is 35.7 Å². The molecule has 0 aromatic heterocycles. The second-order valence-electron chi connectivity index (χ2n) is 2.25. The minimum atomic E-state index is 1.10. The molecule has 0 amide bonds. The third kappa shape index (κ3) is 1.63. The van der Waals surface area contributed by atoms with E-state index in [2.05, 4.69) is 35.7 Å². The lowest BCUT2D eigenvalue weighted by molar-refractivity contribution is 1.26. The fraction of sp³-hybridized carbons (Fsp3) is 0.111. The molecule has 0 nitrogen and oxygen atoms in total. The summed E-state index contributed by atoms with van der Waals surface area (Å²) in [5, 5.41) is 2.17. The molecule has 0 saturated carbocycles. The van der Waals surface area contributed by atoms with Gasteiger partial charge in [-0.25, -0.2) is 0 Å². The minimum Gasteiger partial charge on any atom is -0.121 e. The van der Waals surface area contributed by atoms with Crippen LogP contribution in [0.15, 0.2) is 45.5 Å². The van der Waals surface area contributed by atoms with Gasteiger partial charge < -0.3 is 0 Å². The molecule has 56 valence electrons. The van der Waals surface area contributed by atoms with Crippen LogP contribution in [0.2, 0.25) is 0 Å². The first kappa shape index (κ1) is 7.32. The molecule has 2 rings (SSSR count). The Morgan fingerprint density at radius 2 is 1.91 bits per heavy atom. The van der Waals surface area contributed by atoms with Gasteiger partial charge in [-0.1, -0.05) is 30.0 Å². The predicted molar refractivity (Wildman–Crippen MR) is 52.2 cm³/mol. The highest BCUT2D eigenvalue weighted by Gasteiger charge is 2.02. The molecule has 1 aliphatic heterocycles. The SMILES string of the molecule is C1=CSc2ccccc2SC1. The first-order valence-electron chi connectivity index (χ1n) is 3.50. The van der Waals surface area contributed by atoms with Crippen LogP contribution < -0.4 is 0 Å². The number of rotatable bonds is 0. The van der Waals surface area contributed by atoms with E-state index >= 15 is 0 Å². The molecular formula is C9H8S2. The Kier molecular flexibility index (Phi) is 2.24. The van der Waals surface area contributed by atoms with Gasteiger partial charge in [0, 0.05) is 15.5 Å². The van der Waals surface area contributed by atoms with Gasteiger partial charge in [0.25, 0.3) is 0 Å². The number of benzene rings is 1. The maximum absolute atomic E-state index is 2.20. The molecule has 1 aliphatic rings. The van der Waals surface area contributed by atoms with Crippen LogP contribution in [0.4, 0.5) is 0 Å². The Balaban J connectivity index is 2.40. The highest BCUT2D eigenvalue weighted by Crippen LogP contribution is 2.33. The van der Waals surface area contributed by atoms with E-state index in [1.54, 1.807) is 0 Å². The Morgan fingerprint density at radius 1 is 1.09 bits per heavy atom. The molecule has 0 atom stereocenters. The molecule has 0 unspecified atom stereocenters. The molecular weight excluding hydrogens is 172 g/mol. The quantitative estimate of drug-likeness (QED) is 0.600. The third-order valence-corrected chi connectivity index (χ3v) is 3.57. The first-order chi connectivity index (χ1) is 5.47. The van der Waals surface area contributed by atoms with Crippen LogP contribution in [-0.4, -0.2) is 5.75 Å². The molecule has 0 saturated heterocycles. The van der Waals surface area contributed by atoms with Crippen LogP contribution in [0, 0.1) is 0 Å². The lowest BCUT2D eigenvalue weighted by atomic mass is 10.4. The normalized spacial score (nSPS) is 15.6. The van der Waals surface area contributed by atoms with Gasteiger partial charge in [-0.15, -0.1) is 11.8 Å². The lowest BCUT2D eigenvalue weighted by Crippen LogP contribution is -1.74. The number of hydrogen-bond donors (Lipinski definition) is 0. The summed E-state index contributed by atoms with van der Waals surface area (Å²) in [4.78, 5) is 2.79. The Bertz CT molecular complexity index is 279. The van der Waals surface area contributed by atoms with Gasteiger partial charge in [0.05, 0.1) is 0 Å².